The number of fused-ring (bicyclic) bond motifs is 1. The van der Waals surface area contributed by atoms with E-state index in [1.54, 1.807) is 0 Å². The Morgan fingerprint density at radius 1 is 1.05 bits per heavy atom. The normalized spacial score (nSPS) is 40.2. The van der Waals surface area contributed by atoms with E-state index < -0.39 is 0 Å². The SMILES string of the molecule is CC1CCC(CN2CC3CCCCN3CC2C(C)C)C1. The van der Waals surface area contributed by atoms with Crippen molar-refractivity contribution in [3.63, 3.8) is 0 Å². The van der Waals surface area contributed by atoms with Crippen LogP contribution in [-0.4, -0.2) is 48.1 Å². The summed E-state index contributed by atoms with van der Waals surface area (Å²) < 4.78 is 0. The molecule has 116 valence electrons. The van der Waals surface area contributed by atoms with Gasteiger partial charge in [0, 0.05) is 31.7 Å². The molecule has 0 N–H and O–H groups in total. The number of piperazine rings is 1. The van der Waals surface area contributed by atoms with Crippen molar-refractivity contribution in [1.82, 2.24) is 9.80 Å². The second-order valence-electron chi connectivity index (χ2n) is 8.19. The molecule has 2 heteroatoms. The number of rotatable bonds is 3. The van der Waals surface area contributed by atoms with Crippen molar-refractivity contribution >= 4 is 0 Å². The first kappa shape index (κ1) is 14.8. The summed E-state index contributed by atoms with van der Waals surface area (Å²) in [6.07, 6.45) is 8.78. The second-order valence-corrected chi connectivity index (χ2v) is 8.19. The van der Waals surface area contributed by atoms with Crippen LogP contribution in [-0.2, 0) is 0 Å². The molecule has 0 aromatic heterocycles. The number of nitrogens with zero attached hydrogens (tertiary/aromatic N) is 2. The summed E-state index contributed by atoms with van der Waals surface area (Å²) in [5.41, 5.74) is 0. The fourth-order valence-corrected chi connectivity index (χ4v) is 4.93. The van der Waals surface area contributed by atoms with Crippen molar-refractivity contribution in [1.29, 1.82) is 0 Å². The molecule has 3 aliphatic rings. The maximum atomic E-state index is 2.89. The average Bonchev–Trinajstić information content (AvgIpc) is 2.83. The van der Waals surface area contributed by atoms with Gasteiger partial charge in [0.25, 0.3) is 0 Å². The highest BCUT2D eigenvalue weighted by Gasteiger charge is 2.37. The molecule has 3 rings (SSSR count). The van der Waals surface area contributed by atoms with Gasteiger partial charge in [-0.3, -0.25) is 9.80 Å². The standard InChI is InChI=1S/C18H34N2/c1-14(2)18-13-19-9-5-4-6-17(19)12-20(18)11-16-8-7-15(3)10-16/h14-18H,4-13H2,1-3H3. The summed E-state index contributed by atoms with van der Waals surface area (Å²) in [5, 5.41) is 0. The fraction of sp³-hybridized carbons (Fsp3) is 1.00. The van der Waals surface area contributed by atoms with Gasteiger partial charge >= 0.3 is 0 Å². The molecule has 3 fully saturated rings. The van der Waals surface area contributed by atoms with Crippen LogP contribution >= 0.6 is 0 Å². The zero-order chi connectivity index (χ0) is 14.1. The minimum absolute atomic E-state index is 0.803. The third-order valence-corrected chi connectivity index (χ3v) is 6.15. The summed E-state index contributed by atoms with van der Waals surface area (Å²) in [6.45, 7) is 12.7. The van der Waals surface area contributed by atoms with E-state index in [1.807, 2.05) is 0 Å². The molecule has 4 unspecified atom stereocenters. The molecular formula is C18H34N2. The van der Waals surface area contributed by atoms with Crippen molar-refractivity contribution in [3.8, 4) is 0 Å². The van der Waals surface area contributed by atoms with Crippen molar-refractivity contribution in [2.75, 3.05) is 26.2 Å². The minimum atomic E-state index is 0.803. The minimum Gasteiger partial charge on any atom is -0.298 e. The molecule has 2 saturated heterocycles. The van der Waals surface area contributed by atoms with Gasteiger partial charge in [-0.15, -0.1) is 0 Å². The van der Waals surface area contributed by atoms with Crippen LogP contribution in [0.15, 0.2) is 0 Å². The van der Waals surface area contributed by atoms with E-state index in [4.69, 9.17) is 0 Å². The molecule has 2 aliphatic heterocycles. The van der Waals surface area contributed by atoms with Crippen molar-refractivity contribution < 1.29 is 0 Å². The van der Waals surface area contributed by atoms with E-state index in [9.17, 15) is 0 Å². The van der Waals surface area contributed by atoms with Gasteiger partial charge in [0.15, 0.2) is 0 Å². The third-order valence-electron chi connectivity index (χ3n) is 6.15. The van der Waals surface area contributed by atoms with Crippen LogP contribution in [0.4, 0.5) is 0 Å². The molecule has 20 heavy (non-hydrogen) atoms. The number of hydrogen-bond donors (Lipinski definition) is 0. The molecule has 4 atom stereocenters. The molecule has 2 nitrogen and oxygen atoms in total. The first-order chi connectivity index (χ1) is 9.63. The largest absolute Gasteiger partial charge is 0.298 e. The zero-order valence-corrected chi connectivity index (χ0v) is 13.9. The van der Waals surface area contributed by atoms with Gasteiger partial charge in [0.1, 0.15) is 0 Å². The molecule has 1 aliphatic carbocycles. The molecule has 1 saturated carbocycles. The van der Waals surface area contributed by atoms with Gasteiger partial charge in [-0.05, 0) is 50.0 Å². The van der Waals surface area contributed by atoms with Gasteiger partial charge in [-0.1, -0.05) is 33.6 Å². The topological polar surface area (TPSA) is 6.48 Å². The van der Waals surface area contributed by atoms with Crippen LogP contribution in [0.1, 0.15) is 59.3 Å². The van der Waals surface area contributed by atoms with Crippen LogP contribution in [0.25, 0.3) is 0 Å². The maximum absolute atomic E-state index is 2.89. The van der Waals surface area contributed by atoms with Gasteiger partial charge in [0.2, 0.25) is 0 Å². The van der Waals surface area contributed by atoms with E-state index >= 15 is 0 Å². The van der Waals surface area contributed by atoms with E-state index in [0.29, 0.717) is 0 Å². The quantitative estimate of drug-likeness (QED) is 0.778. The second kappa shape index (κ2) is 6.36. The van der Waals surface area contributed by atoms with E-state index in [2.05, 4.69) is 30.6 Å². The maximum Gasteiger partial charge on any atom is 0.0247 e. The summed E-state index contributed by atoms with van der Waals surface area (Å²) >= 11 is 0. The lowest BCUT2D eigenvalue weighted by Gasteiger charge is -2.50. The van der Waals surface area contributed by atoms with Crippen molar-refractivity contribution in [2.45, 2.75) is 71.4 Å². The smallest absolute Gasteiger partial charge is 0.0247 e. The Labute approximate surface area is 125 Å². The lowest BCUT2D eigenvalue weighted by atomic mass is 9.91. The van der Waals surface area contributed by atoms with Gasteiger partial charge in [0.05, 0.1) is 0 Å². The molecule has 0 aromatic rings. The molecular weight excluding hydrogens is 244 g/mol. The molecule has 0 radical (unpaired) electrons. The Morgan fingerprint density at radius 3 is 2.60 bits per heavy atom. The monoisotopic (exact) mass is 278 g/mol. The Bertz CT molecular complexity index is 313. The molecule has 2 heterocycles. The lowest BCUT2D eigenvalue weighted by molar-refractivity contribution is -0.0144. The molecule has 0 aromatic carbocycles. The van der Waals surface area contributed by atoms with Crippen molar-refractivity contribution in [3.05, 3.63) is 0 Å². The van der Waals surface area contributed by atoms with E-state index in [1.165, 1.54) is 64.7 Å². The van der Waals surface area contributed by atoms with Crippen molar-refractivity contribution in [2.24, 2.45) is 17.8 Å². The average molecular weight is 278 g/mol. The number of hydrogen-bond acceptors (Lipinski definition) is 2. The summed E-state index contributed by atoms with van der Waals surface area (Å²) in [5.74, 6) is 2.77. The van der Waals surface area contributed by atoms with Crippen LogP contribution in [0.3, 0.4) is 0 Å². The Morgan fingerprint density at radius 2 is 1.90 bits per heavy atom. The van der Waals surface area contributed by atoms with Gasteiger partial charge in [-0.2, -0.15) is 0 Å². The van der Waals surface area contributed by atoms with E-state index in [0.717, 1.165) is 29.8 Å². The molecule has 0 spiro atoms. The summed E-state index contributed by atoms with van der Waals surface area (Å²) in [7, 11) is 0. The molecule has 0 bridgehead atoms. The zero-order valence-electron chi connectivity index (χ0n) is 13.9. The highest BCUT2D eigenvalue weighted by atomic mass is 15.3. The Kier molecular flexibility index (Phi) is 4.72. The lowest BCUT2D eigenvalue weighted by Crippen LogP contribution is -2.61. The fourth-order valence-electron chi connectivity index (χ4n) is 4.93. The van der Waals surface area contributed by atoms with Crippen LogP contribution in [0, 0.1) is 17.8 Å². The van der Waals surface area contributed by atoms with Gasteiger partial charge in [-0.25, -0.2) is 0 Å². The predicted octanol–water partition coefficient (Wildman–Crippen LogP) is 3.62. The van der Waals surface area contributed by atoms with Crippen LogP contribution < -0.4 is 0 Å². The predicted molar refractivity (Wildman–Crippen MR) is 85.9 cm³/mol. The van der Waals surface area contributed by atoms with Crippen LogP contribution in [0.5, 0.6) is 0 Å². The summed E-state index contributed by atoms with van der Waals surface area (Å²) in [4.78, 5) is 5.70. The third kappa shape index (κ3) is 3.22. The Hall–Kier alpha value is -0.0800. The highest BCUT2D eigenvalue weighted by Crippen LogP contribution is 2.34. The first-order valence-corrected chi connectivity index (χ1v) is 9.11. The highest BCUT2D eigenvalue weighted by molar-refractivity contribution is 4.93. The summed E-state index contributed by atoms with van der Waals surface area (Å²) in [6, 6.07) is 1.68. The van der Waals surface area contributed by atoms with Crippen LogP contribution in [0.2, 0.25) is 0 Å². The number of piperidine rings is 1. The molecule has 0 amide bonds. The first-order valence-electron chi connectivity index (χ1n) is 9.11. The Balaban J connectivity index is 1.63. The van der Waals surface area contributed by atoms with E-state index in [-0.39, 0.29) is 0 Å². The van der Waals surface area contributed by atoms with Gasteiger partial charge < -0.3 is 0 Å².